The molecule has 1 atom stereocenters. The van der Waals surface area contributed by atoms with E-state index in [-0.39, 0.29) is 12.4 Å². The minimum absolute atomic E-state index is 0.136. The lowest BCUT2D eigenvalue weighted by Gasteiger charge is -2.26. The summed E-state index contributed by atoms with van der Waals surface area (Å²) in [6, 6.07) is 0. The van der Waals surface area contributed by atoms with Crippen LogP contribution in [0.25, 0.3) is 0 Å². The van der Waals surface area contributed by atoms with E-state index < -0.39 is 0 Å². The van der Waals surface area contributed by atoms with Gasteiger partial charge in [-0.2, -0.15) is 0 Å². The molecule has 1 rings (SSSR count). The number of hydrogen-bond acceptors (Lipinski definition) is 4. The Hall–Kier alpha value is -0.450. The quantitative estimate of drug-likeness (QED) is 0.649. The van der Waals surface area contributed by atoms with E-state index in [2.05, 4.69) is 4.90 Å². The van der Waals surface area contributed by atoms with E-state index in [0.29, 0.717) is 12.5 Å². The van der Waals surface area contributed by atoms with Crippen LogP contribution in [0.4, 0.5) is 0 Å². The molecule has 0 saturated carbocycles. The Morgan fingerprint density at radius 3 is 3.00 bits per heavy atom. The van der Waals surface area contributed by atoms with Gasteiger partial charge < -0.3 is 9.47 Å². The molecule has 88 valence electrons. The van der Waals surface area contributed by atoms with Gasteiger partial charge in [-0.1, -0.05) is 0 Å². The Balaban J connectivity index is 2.16. The van der Waals surface area contributed by atoms with Crippen LogP contribution in [0, 0.1) is 5.92 Å². The first-order chi connectivity index (χ1) is 7.22. The molecule has 0 aromatic heterocycles. The number of ketones is 1. The zero-order valence-corrected chi connectivity index (χ0v) is 9.70. The summed E-state index contributed by atoms with van der Waals surface area (Å²) in [6.07, 6.45) is 2.35. The molecular formula is C11H21NO3. The summed E-state index contributed by atoms with van der Waals surface area (Å²) < 4.78 is 10.2. The first-order valence-electron chi connectivity index (χ1n) is 5.49. The molecule has 0 aromatic rings. The third-order valence-corrected chi connectivity index (χ3v) is 2.58. The van der Waals surface area contributed by atoms with Crippen LogP contribution >= 0.6 is 0 Å². The monoisotopic (exact) mass is 215 g/mol. The van der Waals surface area contributed by atoms with Gasteiger partial charge in [0.15, 0.2) is 5.78 Å². The molecule has 4 heteroatoms. The van der Waals surface area contributed by atoms with Crippen molar-refractivity contribution in [3.05, 3.63) is 0 Å². The summed E-state index contributed by atoms with van der Waals surface area (Å²) in [7, 11) is 3.52. The second-order valence-electron chi connectivity index (χ2n) is 4.25. The topological polar surface area (TPSA) is 38.8 Å². The fourth-order valence-corrected chi connectivity index (χ4v) is 1.96. The van der Waals surface area contributed by atoms with Gasteiger partial charge in [0.25, 0.3) is 0 Å². The molecule has 0 N–H and O–H groups in total. The van der Waals surface area contributed by atoms with Crippen molar-refractivity contribution in [3.63, 3.8) is 0 Å². The highest BCUT2D eigenvalue weighted by molar-refractivity contribution is 5.81. The van der Waals surface area contributed by atoms with E-state index in [1.807, 2.05) is 7.05 Å². The van der Waals surface area contributed by atoms with Crippen molar-refractivity contribution in [2.24, 2.45) is 5.92 Å². The van der Waals surface area contributed by atoms with Gasteiger partial charge in [-0.05, 0) is 25.8 Å². The average Bonchev–Trinajstić information content (AvgIpc) is 2.19. The number of carbonyl (C=O) groups is 1. The SMILES string of the molecule is COCC(=O)CN(C)CC1CCCOC1. The average molecular weight is 215 g/mol. The first kappa shape index (κ1) is 12.6. The lowest BCUT2D eigenvalue weighted by molar-refractivity contribution is -0.123. The maximum Gasteiger partial charge on any atom is 0.172 e. The van der Waals surface area contributed by atoms with Crippen LogP contribution in [0.3, 0.4) is 0 Å². The number of hydrogen-bond donors (Lipinski definition) is 0. The number of rotatable bonds is 6. The van der Waals surface area contributed by atoms with Crippen molar-refractivity contribution in [1.29, 1.82) is 0 Å². The van der Waals surface area contributed by atoms with E-state index in [0.717, 1.165) is 26.2 Å². The zero-order chi connectivity index (χ0) is 11.1. The highest BCUT2D eigenvalue weighted by Crippen LogP contribution is 2.14. The van der Waals surface area contributed by atoms with Gasteiger partial charge >= 0.3 is 0 Å². The molecule has 1 saturated heterocycles. The Kier molecular flexibility index (Phi) is 5.83. The van der Waals surface area contributed by atoms with Gasteiger partial charge in [0.05, 0.1) is 13.2 Å². The van der Waals surface area contributed by atoms with Gasteiger partial charge in [0.2, 0.25) is 0 Å². The summed E-state index contributed by atoms with van der Waals surface area (Å²) in [6.45, 7) is 3.36. The lowest BCUT2D eigenvalue weighted by Crippen LogP contribution is -2.35. The van der Waals surface area contributed by atoms with Crippen molar-refractivity contribution in [2.45, 2.75) is 12.8 Å². The van der Waals surface area contributed by atoms with Gasteiger partial charge in [-0.25, -0.2) is 0 Å². The van der Waals surface area contributed by atoms with Crippen molar-refractivity contribution < 1.29 is 14.3 Å². The maximum absolute atomic E-state index is 11.3. The minimum atomic E-state index is 0.136. The van der Waals surface area contributed by atoms with E-state index in [9.17, 15) is 4.79 Å². The first-order valence-corrected chi connectivity index (χ1v) is 5.49. The van der Waals surface area contributed by atoms with E-state index >= 15 is 0 Å². The highest BCUT2D eigenvalue weighted by Gasteiger charge is 2.16. The number of carbonyl (C=O) groups excluding carboxylic acids is 1. The summed E-state index contributed by atoms with van der Waals surface area (Å²) in [4.78, 5) is 13.4. The second-order valence-corrected chi connectivity index (χ2v) is 4.25. The zero-order valence-electron chi connectivity index (χ0n) is 9.70. The Morgan fingerprint density at radius 1 is 1.60 bits per heavy atom. The summed E-state index contributed by atoms with van der Waals surface area (Å²) in [5.74, 6) is 0.718. The lowest BCUT2D eigenvalue weighted by atomic mass is 10.0. The summed E-state index contributed by atoms with van der Waals surface area (Å²) in [5, 5.41) is 0. The van der Waals surface area contributed by atoms with Crippen LogP contribution in [-0.4, -0.2) is 57.8 Å². The molecule has 1 unspecified atom stereocenters. The molecule has 15 heavy (non-hydrogen) atoms. The molecule has 0 spiro atoms. The Bertz CT molecular complexity index is 190. The molecular weight excluding hydrogens is 194 g/mol. The van der Waals surface area contributed by atoms with Gasteiger partial charge in [-0.15, -0.1) is 0 Å². The molecule has 0 aliphatic carbocycles. The molecule has 0 radical (unpaired) electrons. The van der Waals surface area contributed by atoms with Gasteiger partial charge in [0.1, 0.15) is 6.61 Å². The molecule has 1 aliphatic heterocycles. The second kappa shape index (κ2) is 6.93. The molecule has 0 amide bonds. The van der Waals surface area contributed by atoms with Gasteiger partial charge in [-0.3, -0.25) is 9.69 Å². The van der Waals surface area contributed by atoms with Crippen LogP contribution < -0.4 is 0 Å². The van der Waals surface area contributed by atoms with Crippen LogP contribution in [0.5, 0.6) is 0 Å². The van der Waals surface area contributed by atoms with Crippen LogP contribution in [-0.2, 0) is 14.3 Å². The van der Waals surface area contributed by atoms with Crippen molar-refractivity contribution >= 4 is 5.78 Å². The van der Waals surface area contributed by atoms with E-state index in [4.69, 9.17) is 9.47 Å². The Labute approximate surface area is 91.5 Å². The fraction of sp³-hybridized carbons (Fsp3) is 0.909. The minimum Gasteiger partial charge on any atom is -0.381 e. The molecule has 1 fully saturated rings. The van der Waals surface area contributed by atoms with Crippen molar-refractivity contribution in [3.8, 4) is 0 Å². The highest BCUT2D eigenvalue weighted by atomic mass is 16.5. The summed E-state index contributed by atoms with van der Waals surface area (Å²) in [5.41, 5.74) is 0. The molecule has 0 aromatic carbocycles. The van der Waals surface area contributed by atoms with Gasteiger partial charge in [0, 0.05) is 20.3 Å². The van der Waals surface area contributed by atoms with Crippen LogP contribution in [0.2, 0.25) is 0 Å². The smallest absolute Gasteiger partial charge is 0.172 e. The van der Waals surface area contributed by atoms with Crippen molar-refractivity contribution in [2.75, 3.05) is 47.1 Å². The number of nitrogens with zero attached hydrogens (tertiary/aromatic N) is 1. The molecule has 1 heterocycles. The molecule has 1 aliphatic rings. The standard InChI is InChI=1S/C11H21NO3/c1-12(7-11(13)9-14-2)6-10-4-3-5-15-8-10/h10H,3-9H2,1-2H3. The third-order valence-electron chi connectivity index (χ3n) is 2.58. The van der Waals surface area contributed by atoms with E-state index in [1.54, 1.807) is 7.11 Å². The van der Waals surface area contributed by atoms with Crippen molar-refractivity contribution in [1.82, 2.24) is 4.90 Å². The van der Waals surface area contributed by atoms with Crippen LogP contribution in [0.1, 0.15) is 12.8 Å². The van der Waals surface area contributed by atoms with Crippen LogP contribution in [0.15, 0.2) is 0 Å². The predicted molar refractivity (Wildman–Crippen MR) is 57.9 cm³/mol. The number of Topliss-reactive ketones (excluding diaryl/α,β-unsaturated/α-hetero) is 1. The number of methoxy groups -OCH3 is 1. The molecule has 4 nitrogen and oxygen atoms in total. The largest absolute Gasteiger partial charge is 0.381 e. The summed E-state index contributed by atoms with van der Waals surface area (Å²) >= 11 is 0. The number of ether oxygens (including phenoxy) is 2. The fourth-order valence-electron chi connectivity index (χ4n) is 1.96. The maximum atomic E-state index is 11.3. The predicted octanol–water partition coefficient (Wildman–Crippen LogP) is 0.560. The Morgan fingerprint density at radius 2 is 2.40 bits per heavy atom. The van der Waals surface area contributed by atoms with E-state index in [1.165, 1.54) is 6.42 Å². The third kappa shape index (κ3) is 5.25. The molecule has 0 bridgehead atoms. The normalized spacial score (nSPS) is 21.9. The number of likely N-dealkylation sites (N-methyl/N-ethyl adjacent to an activating group) is 1.